The second kappa shape index (κ2) is 4.77. The van der Waals surface area contributed by atoms with Gasteiger partial charge < -0.3 is 9.47 Å². The zero-order chi connectivity index (χ0) is 7.28. The van der Waals surface area contributed by atoms with Crippen molar-refractivity contribution in [1.29, 1.82) is 0 Å². The van der Waals surface area contributed by atoms with Crippen LogP contribution >= 0.6 is 0 Å². The molecule has 0 rings (SSSR count). The Morgan fingerprint density at radius 2 is 2.22 bits per heavy atom. The number of hydrogen-bond acceptors (Lipinski definition) is 2. The van der Waals surface area contributed by atoms with Crippen molar-refractivity contribution in [2.75, 3.05) is 13.7 Å². The standard InChI is InChI=1S/C7H14O2/c1-6(2)9-7(3)5-8-4/h7H,1,5H2,2-4H3. The number of hydrogen-bond donors (Lipinski definition) is 0. The SMILES string of the molecule is [CH2][C](C)OC(C)COC. The maximum absolute atomic E-state index is 5.17. The summed E-state index contributed by atoms with van der Waals surface area (Å²) in [4.78, 5) is 0. The van der Waals surface area contributed by atoms with Gasteiger partial charge in [-0.05, 0) is 20.8 Å². The van der Waals surface area contributed by atoms with Gasteiger partial charge in [0.05, 0.1) is 18.8 Å². The van der Waals surface area contributed by atoms with Crippen LogP contribution in [0.5, 0.6) is 0 Å². The average Bonchev–Trinajstić information content (AvgIpc) is 1.63. The molecule has 0 aromatic rings. The minimum absolute atomic E-state index is 0.118. The summed E-state index contributed by atoms with van der Waals surface area (Å²) in [5.41, 5.74) is 0. The highest BCUT2D eigenvalue weighted by molar-refractivity contribution is 4.74. The van der Waals surface area contributed by atoms with Crippen LogP contribution in [-0.2, 0) is 9.47 Å². The maximum Gasteiger partial charge on any atom is 0.0946 e. The van der Waals surface area contributed by atoms with Gasteiger partial charge >= 0.3 is 0 Å². The quantitative estimate of drug-likeness (QED) is 0.573. The van der Waals surface area contributed by atoms with Crippen molar-refractivity contribution in [3.63, 3.8) is 0 Å². The zero-order valence-corrected chi connectivity index (χ0v) is 6.31. The molecule has 0 spiro atoms. The Labute approximate surface area is 57.2 Å². The first kappa shape index (κ1) is 8.92. The van der Waals surface area contributed by atoms with Gasteiger partial charge in [0, 0.05) is 7.11 Å². The molecular formula is C7H14O2. The minimum Gasteiger partial charge on any atom is -0.382 e. The molecule has 0 aromatic heterocycles. The van der Waals surface area contributed by atoms with E-state index in [0.717, 1.165) is 6.10 Å². The molecule has 0 amide bonds. The minimum atomic E-state index is 0.118. The van der Waals surface area contributed by atoms with E-state index >= 15 is 0 Å². The average molecular weight is 130 g/mol. The summed E-state index contributed by atoms with van der Waals surface area (Å²) < 4.78 is 10.0. The van der Waals surface area contributed by atoms with E-state index in [0.29, 0.717) is 6.61 Å². The van der Waals surface area contributed by atoms with Crippen LogP contribution in [0.25, 0.3) is 0 Å². The molecule has 2 radical (unpaired) electrons. The Morgan fingerprint density at radius 3 is 2.56 bits per heavy atom. The number of methoxy groups -OCH3 is 1. The molecule has 2 heteroatoms. The van der Waals surface area contributed by atoms with E-state index in [-0.39, 0.29) is 6.10 Å². The Kier molecular flexibility index (Phi) is 4.72. The Balaban J connectivity index is 3.15. The second-order valence-electron chi connectivity index (χ2n) is 2.09. The van der Waals surface area contributed by atoms with E-state index < -0.39 is 0 Å². The number of ether oxygens (including phenoxy) is 2. The first-order chi connectivity index (χ1) is 4.16. The second-order valence-corrected chi connectivity index (χ2v) is 2.09. The van der Waals surface area contributed by atoms with Gasteiger partial charge in [0.25, 0.3) is 0 Å². The fourth-order valence-electron chi connectivity index (χ4n) is 0.612. The predicted octanol–water partition coefficient (Wildman–Crippen LogP) is 1.42. The van der Waals surface area contributed by atoms with E-state index in [4.69, 9.17) is 9.47 Å². The lowest BCUT2D eigenvalue weighted by atomic mass is 10.4. The highest BCUT2D eigenvalue weighted by Crippen LogP contribution is 2.02. The van der Waals surface area contributed by atoms with Crippen LogP contribution in [0.3, 0.4) is 0 Å². The van der Waals surface area contributed by atoms with Crippen LogP contribution in [-0.4, -0.2) is 19.8 Å². The van der Waals surface area contributed by atoms with Gasteiger partial charge in [-0.25, -0.2) is 0 Å². The third-order valence-electron chi connectivity index (χ3n) is 0.804. The molecule has 0 N–H and O–H groups in total. The summed E-state index contributed by atoms with van der Waals surface area (Å²) in [7, 11) is 1.65. The van der Waals surface area contributed by atoms with E-state index in [1.807, 2.05) is 13.8 Å². The van der Waals surface area contributed by atoms with Crippen molar-refractivity contribution >= 4 is 0 Å². The molecule has 54 valence electrons. The molecular weight excluding hydrogens is 116 g/mol. The van der Waals surface area contributed by atoms with E-state index in [1.54, 1.807) is 7.11 Å². The van der Waals surface area contributed by atoms with Gasteiger partial charge in [-0.1, -0.05) is 0 Å². The summed E-state index contributed by atoms with van der Waals surface area (Å²) in [6.07, 6.45) is 0.854. The van der Waals surface area contributed by atoms with Crippen LogP contribution in [0.15, 0.2) is 0 Å². The van der Waals surface area contributed by atoms with Crippen LogP contribution < -0.4 is 0 Å². The fourth-order valence-corrected chi connectivity index (χ4v) is 0.612. The van der Waals surface area contributed by atoms with Gasteiger partial charge in [0.1, 0.15) is 0 Å². The summed E-state index contributed by atoms with van der Waals surface area (Å²) >= 11 is 0. The van der Waals surface area contributed by atoms with Crippen molar-refractivity contribution < 1.29 is 9.47 Å². The molecule has 9 heavy (non-hydrogen) atoms. The van der Waals surface area contributed by atoms with Gasteiger partial charge in [-0.15, -0.1) is 0 Å². The highest BCUT2D eigenvalue weighted by Gasteiger charge is 2.02. The van der Waals surface area contributed by atoms with E-state index in [2.05, 4.69) is 6.92 Å². The normalized spacial score (nSPS) is 14.3. The van der Waals surface area contributed by atoms with Crippen LogP contribution in [0.2, 0.25) is 0 Å². The molecule has 0 bridgehead atoms. The lowest BCUT2D eigenvalue weighted by Gasteiger charge is -2.13. The Morgan fingerprint density at radius 1 is 1.67 bits per heavy atom. The van der Waals surface area contributed by atoms with E-state index in [1.165, 1.54) is 0 Å². The lowest BCUT2D eigenvalue weighted by molar-refractivity contribution is 0.0277. The van der Waals surface area contributed by atoms with E-state index in [9.17, 15) is 0 Å². The van der Waals surface area contributed by atoms with Crippen molar-refractivity contribution in [1.82, 2.24) is 0 Å². The third kappa shape index (κ3) is 5.80. The highest BCUT2D eigenvalue weighted by atomic mass is 16.5. The van der Waals surface area contributed by atoms with Crippen molar-refractivity contribution in [3.8, 4) is 0 Å². The third-order valence-corrected chi connectivity index (χ3v) is 0.804. The van der Waals surface area contributed by atoms with Crippen molar-refractivity contribution in [2.45, 2.75) is 20.0 Å². The molecule has 1 unspecified atom stereocenters. The van der Waals surface area contributed by atoms with Gasteiger partial charge in [0.2, 0.25) is 0 Å². The molecule has 0 aliphatic rings. The summed E-state index contributed by atoms with van der Waals surface area (Å²) in [5, 5.41) is 0. The molecule has 0 saturated heterocycles. The van der Waals surface area contributed by atoms with Crippen molar-refractivity contribution in [2.24, 2.45) is 0 Å². The zero-order valence-electron chi connectivity index (χ0n) is 6.31. The molecule has 0 aromatic carbocycles. The van der Waals surface area contributed by atoms with Gasteiger partial charge in [-0.2, -0.15) is 0 Å². The Bertz CT molecular complexity index is 61.9. The smallest absolute Gasteiger partial charge is 0.0946 e. The molecule has 0 heterocycles. The van der Waals surface area contributed by atoms with Gasteiger partial charge in [0.15, 0.2) is 0 Å². The van der Waals surface area contributed by atoms with Crippen LogP contribution in [0, 0.1) is 13.0 Å². The van der Waals surface area contributed by atoms with Crippen LogP contribution in [0.1, 0.15) is 13.8 Å². The molecule has 0 aliphatic carbocycles. The maximum atomic E-state index is 5.17. The first-order valence-electron chi connectivity index (χ1n) is 2.98. The van der Waals surface area contributed by atoms with Gasteiger partial charge in [-0.3, -0.25) is 0 Å². The molecule has 0 aliphatic heterocycles. The Hall–Kier alpha value is -0.0800. The lowest BCUT2D eigenvalue weighted by Crippen LogP contribution is -2.15. The van der Waals surface area contributed by atoms with Crippen LogP contribution in [0.4, 0.5) is 0 Å². The largest absolute Gasteiger partial charge is 0.382 e. The summed E-state index contributed by atoms with van der Waals surface area (Å²) in [6, 6.07) is 0. The summed E-state index contributed by atoms with van der Waals surface area (Å²) in [5.74, 6) is 0. The number of rotatable bonds is 4. The summed E-state index contributed by atoms with van der Waals surface area (Å²) in [6.45, 7) is 7.99. The molecule has 0 fully saturated rings. The molecule has 0 saturated carbocycles. The van der Waals surface area contributed by atoms with Crippen molar-refractivity contribution in [3.05, 3.63) is 13.0 Å². The monoisotopic (exact) mass is 130 g/mol. The fraction of sp³-hybridized carbons (Fsp3) is 0.714. The molecule has 2 nitrogen and oxygen atoms in total. The topological polar surface area (TPSA) is 18.5 Å². The molecule has 1 atom stereocenters. The first-order valence-corrected chi connectivity index (χ1v) is 2.98. The predicted molar refractivity (Wildman–Crippen MR) is 36.7 cm³/mol.